The van der Waals surface area contributed by atoms with E-state index < -0.39 is 0 Å². The summed E-state index contributed by atoms with van der Waals surface area (Å²) in [7, 11) is 0. The van der Waals surface area contributed by atoms with E-state index in [2.05, 4.69) is 5.32 Å². The molecule has 0 amide bonds. The van der Waals surface area contributed by atoms with Crippen LogP contribution in [0.15, 0.2) is 24.3 Å². The molecule has 0 unspecified atom stereocenters. The lowest BCUT2D eigenvalue weighted by Crippen LogP contribution is -2.40. The van der Waals surface area contributed by atoms with Crippen LogP contribution in [-0.4, -0.2) is 19.6 Å². The van der Waals surface area contributed by atoms with Crippen LogP contribution in [0.25, 0.3) is 0 Å². The number of para-hydroxylation sites is 1. The molecular formula is C10H12FN2. The molecule has 1 fully saturated rings. The van der Waals surface area contributed by atoms with Crippen molar-refractivity contribution in [3.8, 4) is 0 Å². The van der Waals surface area contributed by atoms with E-state index in [4.69, 9.17) is 0 Å². The highest BCUT2D eigenvalue weighted by Crippen LogP contribution is 2.19. The van der Waals surface area contributed by atoms with Crippen molar-refractivity contribution in [2.24, 2.45) is 0 Å². The summed E-state index contributed by atoms with van der Waals surface area (Å²) in [4.78, 5) is 1.95. The molecule has 1 aliphatic rings. The molecule has 1 aliphatic heterocycles. The smallest absolute Gasteiger partial charge is 0.146 e. The van der Waals surface area contributed by atoms with Crippen molar-refractivity contribution < 1.29 is 4.39 Å². The van der Waals surface area contributed by atoms with E-state index in [1.54, 1.807) is 12.1 Å². The van der Waals surface area contributed by atoms with E-state index in [-0.39, 0.29) is 5.82 Å². The third-order valence-electron chi connectivity index (χ3n) is 2.15. The molecule has 0 saturated carbocycles. The third kappa shape index (κ3) is 1.80. The van der Waals surface area contributed by atoms with Gasteiger partial charge in [0.2, 0.25) is 0 Å². The van der Waals surface area contributed by atoms with Gasteiger partial charge in [-0.1, -0.05) is 12.1 Å². The van der Waals surface area contributed by atoms with E-state index in [1.165, 1.54) is 6.07 Å². The van der Waals surface area contributed by atoms with Crippen molar-refractivity contribution in [1.82, 2.24) is 5.32 Å². The van der Waals surface area contributed by atoms with Gasteiger partial charge in [0.1, 0.15) is 5.82 Å². The number of halogens is 1. The van der Waals surface area contributed by atoms with Gasteiger partial charge in [-0.25, -0.2) is 4.39 Å². The van der Waals surface area contributed by atoms with E-state index in [1.807, 2.05) is 17.5 Å². The highest BCUT2D eigenvalue weighted by Gasteiger charge is 2.13. The summed E-state index contributed by atoms with van der Waals surface area (Å²) in [5, 5.41) is 3.18. The Morgan fingerprint density at radius 1 is 1.31 bits per heavy atom. The fraction of sp³-hybridized carbons (Fsp3) is 0.300. The van der Waals surface area contributed by atoms with Gasteiger partial charge in [0.05, 0.1) is 12.2 Å². The SMILES string of the molecule is Fc1ccccc1N1[CH]CNCC1. The first-order chi connectivity index (χ1) is 6.38. The fourth-order valence-electron chi connectivity index (χ4n) is 1.47. The van der Waals surface area contributed by atoms with Crippen LogP contribution in [0.5, 0.6) is 0 Å². The predicted molar refractivity (Wildman–Crippen MR) is 50.9 cm³/mol. The number of benzene rings is 1. The minimum absolute atomic E-state index is 0.152. The normalized spacial score (nSPS) is 17.5. The molecule has 1 aromatic rings. The second kappa shape index (κ2) is 3.75. The van der Waals surface area contributed by atoms with Crippen LogP contribution < -0.4 is 10.2 Å². The molecule has 1 saturated heterocycles. The highest BCUT2D eigenvalue weighted by atomic mass is 19.1. The first-order valence-corrected chi connectivity index (χ1v) is 4.43. The molecule has 0 aliphatic carbocycles. The number of hydrogen-bond donors (Lipinski definition) is 1. The molecule has 13 heavy (non-hydrogen) atoms. The fourth-order valence-corrected chi connectivity index (χ4v) is 1.47. The number of piperazine rings is 1. The molecule has 1 radical (unpaired) electrons. The molecule has 2 rings (SSSR count). The van der Waals surface area contributed by atoms with Crippen LogP contribution in [0.4, 0.5) is 10.1 Å². The number of hydrogen-bond acceptors (Lipinski definition) is 2. The summed E-state index contributed by atoms with van der Waals surface area (Å²) in [5.74, 6) is -0.152. The summed E-state index contributed by atoms with van der Waals surface area (Å²) in [6, 6.07) is 6.86. The molecule has 0 spiro atoms. The second-order valence-corrected chi connectivity index (χ2v) is 3.03. The molecule has 0 aromatic heterocycles. The summed E-state index contributed by atoms with van der Waals surface area (Å²) < 4.78 is 13.3. The Hall–Kier alpha value is -1.09. The number of anilines is 1. The van der Waals surface area contributed by atoms with Crippen molar-refractivity contribution in [2.75, 3.05) is 24.5 Å². The Morgan fingerprint density at radius 2 is 2.15 bits per heavy atom. The van der Waals surface area contributed by atoms with Gasteiger partial charge in [-0.05, 0) is 12.1 Å². The lowest BCUT2D eigenvalue weighted by atomic mass is 10.2. The molecule has 1 N–H and O–H groups in total. The first kappa shape index (κ1) is 8.51. The quantitative estimate of drug-likeness (QED) is 0.701. The number of nitrogens with one attached hydrogen (secondary N) is 1. The number of rotatable bonds is 1. The number of nitrogens with zero attached hydrogens (tertiary/aromatic N) is 1. The van der Waals surface area contributed by atoms with Crippen molar-refractivity contribution in [3.63, 3.8) is 0 Å². The van der Waals surface area contributed by atoms with Gasteiger partial charge in [0.15, 0.2) is 0 Å². The lowest BCUT2D eigenvalue weighted by molar-refractivity contribution is 0.598. The monoisotopic (exact) mass is 179 g/mol. The maximum absolute atomic E-state index is 13.3. The molecule has 0 bridgehead atoms. The largest absolute Gasteiger partial charge is 0.362 e. The van der Waals surface area contributed by atoms with Crippen molar-refractivity contribution in [3.05, 3.63) is 36.6 Å². The third-order valence-corrected chi connectivity index (χ3v) is 2.15. The Balaban J connectivity index is 2.18. The van der Waals surface area contributed by atoms with Crippen molar-refractivity contribution in [1.29, 1.82) is 0 Å². The van der Waals surface area contributed by atoms with Crippen LogP contribution in [0.3, 0.4) is 0 Å². The molecule has 1 heterocycles. The van der Waals surface area contributed by atoms with Crippen LogP contribution in [0.1, 0.15) is 0 Å². The Bertz CT molecular complexity index is 282. The average Bonchev–Trinajstić information content (AvgIpc) is 2.20. The maximum atomic E-state index is 13.3. The van der Waals surface area contributed by atoms with Gasteiger partial charge < -0.3 is 10.2 Å². The van der Waals surface area contributed by atoms with Gasteiger partial charge >= 0.3 is 0 Å². The Morgan fingerprint density at radius 3 is 2.85 bits per heavy atom. The van der Waals surface area contributed by atoms with Crippen LogP contribution in [0.2, 0.25) is 0 Å². The Labute approximate surface area is 77.4 Å². The van der Waals surface area contributed by atoms with Gasteiger partial charge in [-0.15, -0.1) is 0 Å². The zero-order valence-electron chi connectivity index (χ0n) is 7.33. The van der Waals surface area contributed by atoms with Crippen LogP contribution >= 0.6 is 0 Å². The predicted octanol–water partition coefficient (Wildman–Crippen LogP) is 1.40. The minimum atomic E-state index is -0.152. The summed E-state index contributed by atoms with van der Waals surface area (Å²) >= 11 is 0. The molecule has 0 atom stereocenters. The van der Waals surface area contributed by atoms with Gasteiger partial charge in [-0.2, -0.15) is 0 Å². The minimum Gasteiger partial charge on any atom is -0.362 e. The molecule has 2 nitrogen and oxygen atoms in total. The van der Waals surface area contributed by atoms with Crippen LogP contribution in [0, 0.1) is 12.4 Å². The van der Waals surface area contributed by atoms with E-state index in [9.17, 15) is 4.39 Å². The van der Waals surface area contributed by atoms with E-state index in [0.29, 0.717) is 5.69 Å². The Kier molecular flexibility index (Phi) is 2.45. The van der Waals surface area contributed by atoms with Gasteiger partial charge in [0, 0.05) is 19.6 Å². The maximum Gasteiger partial charge on any atom is 0.146 e. The van der Waals surface area contributed by atoms with Crippen LogP contribution in [-0.2, 0) is 0 Å². The standard InChI is InChI=1S/C10H12FN2/c11-9-3-1-2-4-10(9)13-7-5-12-6-8-13/h1-4,7,12H,5-6,8H2. The van der Waals surface area contributed by atoms with E-state index >= 15 is 0 Å². The van der Waals surface area contributed by atoms with E-state index in [0.717, 1.165) is 19.6 Å². The van der Waals surface area contributed by atoms with Crippen molar-refractivity contribution >= 4 is 5.69 Å². The zero-order chi connectivity index (χ0) is 9.10. The molecule has 69 valence electrons. The van der Waals surface area contributed by atoms with Crippen molar-refractivity contribution in [2.45, 2.75) is 0 Å². The topological polar surface area (TPSA) is 15.3 Å². The first-order valence-electron chi connectivity index (χ1n) is 4.43. The average molecular weight is 179 g/mol. The highest BCUT2D eigenvalue weighted by molar-refractivity contribution is 5.49. The van der Waals surface area contributed by atoms with Gasteiger partial charge in [0.25, 0.3) is 0 Å². The summed E-state index contributed by atoms with van der Waals surface area (Å²) in [6.07, 6.45) is 0. The lowest BCUT2D eigenvalue weighted by Gasteiger charge is -2.28. The summed E-state index contributed by atoms with van der Waals surface area (Å²) in [5.41, 5.74) is 0.670. The molecular weight excluding hydrogens is 167 g/mol. The zero-order valence-corrected chi connectivity index (χ0v) is 7.33. The summed E-state index contributed by atoms with van der Waals surface area (Å²) in [6.45, 7) is 4.53. The molecule has 3 heteroatoms. The second-order valence-electron chi connectivity index (χ2n) is 3.03. The molecule has 1 aromatic carbocycles. The van der Waals surface area contributed by atoms with Gasteiger partial charge in [-0.3, -0.25) is 0 Å².